The van der Waals surface area contributed by atoms with Crippen molar-refractivity contribution >= 4 is 11.6 Å². The lowest BCUT2D eigenvalue weighted by Gasteiger charge is -2.26. The number of carbonyl (C=O) groups is 1. The second-order valence-corrected chi connectivity index (χ2v) is 8.12. The fraction of sp³-hybridized carbons (Fsp3) is 0.381. The first-order chi connectivity index (χ1) is 10.6. The average molecular weight is 309 g/mol. The zero-order valence-corrected chi connectivity index (χ0v) is 15.0. The Balaban J connectivity index is 2.40. The topological polar surface area (TPSA) is 29.1 Å². The third-order valence-corrected chi connectivity index (χ3v) is 3.96. The highest BCUT2D eigenvalue weighted by molar-refractivity contribution is 6.04. The molecule has 2 heteroatoms. The maximum absolute atomic E-state index is 12.4. The van der Waals surface area contributed by atoms with Crippen molar-refractivity contribution in [3.05, 3.63) is 65.2 Å². The maximum atomic E-state index is 12.4. The Morgan fingerprint density at radius 2 is 1.26 bits per heavy atom. The SMILES string of the molecule is CC(C)(C)c1cc(NC(=O)c2ccccc2)cc(C(C)(C)C)c1. The van der Waals surface area contributed by atoms with Gasteiger partial charge in [0, 0.05) is 11.3 Å². The molecule has 0 heterocycles. The van der Waals surface area contributed by atoms with Crippen LogP contribution in [-0.2, 0) is 10.8 Å². The van der Waals surface area contributed by atoms with E-state index in [1.807, 2.05) is 30.3 Å². The van der Waals surface area contributed by atoms with Crippen molar-refractivity contribution in [2.45, 2.75) is 52.4 Å². The lowest BCUT2D eigenvalue weighted by molar-refractivity contribution is 0.102. The van der Waals surface area contributed by atoms with Gasteiger partial charge in [0.2, 0.25) is 0 Å². The van der Waals surface area contributed by atoms with E-state index < -0.39 is 0 Å². The van der Waals surface area contributed by atoms with Crippen LogP contribution < -0.4 is 5.32 Å². The van der Waals surface area contributed by atoms with Crippen LogP contribution in [0.1, 0.15) is 63.0 Å². The summed E-state index contributed by atoms with van der Waals surface area (Å²) in [6, 6.07) is 15.7. The van der Waals surface area contributed by atoms with E-state index in [2.05, 4.69) is 65.1 Å². The Morgan fingerprint density at radius 1 is 0.783 bits per heavy atom. The molecule has 0 aromatic heterocycles. The number of nitrogens with one attached hydrogen (secondary N) is 1. The first kappa shape index (κ1) is 17.3. The molecule has 0 unspecified atom stereocenters. The highest BCUT2D eigenvalue weighted by Gasteiger charge is 2.21. The van der Waals surface area contributed by atoms with Crippen molar-refractivity contribution in [3.63, 3.8) is 0 Å². The minimum absolute atomic E-state index is 0.0352. The number of carbonyl (C=O) groups excluding carboxylic acids is 1. The second kappa shape index (κ2) is 6.19. The Kier molecular flexibility index (Phi) is 4.65. The first-order valence-corrected chi connectivity index (χ1v) is 8.10. The van der Waals surface area contributed by atoms with Gasteiger partial charge in [-0.15, -0.1) is 0 Å². The van der Waals surface area contributed by atoms with E-state index in [-0.39, 0.29) is 16.7 Å². The van der Waals surface area contributed by atoms with Gasteiger partial charge in [-0.25, -0.2) is 0 Å². The van der Waals surface area contributed by atoms with Gasteiger partial charge in [-0.2, -0.15) is 0 Å². The molecule has 0 atom stereocenters. The highest BCUT2D eigenvalue weighted by Crippen LogP contribution is 2.32. The van der Waals surface area contributed by atoms with Crippen molar-refractivity contribution in [3.8, 4) is 0 Å². The Bertz CT molecular complexity index is 656. The Hall–Kier alpha value is -2.09. The van der Waals surface area contributed by atoms with Crippen molar-refractivity contribution < 1.29 is 4.79 Å². The summed E-state index contributed by atoms with van der Waals surface area (Å²) in [5, 5.41) is 3.04. The summed E-state index contributed by atoms with van der Waals surface area (Å²) in [7, 11) is 0. The van der Waals surface area contributed by atoms with Crippen LogP contribution in [0.25, 0.3) is 0 Å². The zero-order chi connectivity index (χ0) is 17.3. The van der Waals surface area contributed by atoms with Crippen LogP contribution >= 0.6 is 0 Å². The van der Waals surface area contributed by atoms with Gasteiger partial charge in [-0.3, -0.25) is 4.79 Å². The molecule has 2 rings (SSSR count). The molecule has 2 aromatic rings. The molecular weight excluding hydrogens is 282 g/mol. The molecule has 0 saturated carbocycles. The molecule has 0 saturated heterocycles. The van der Waals surface area contributed by atoms with Crippen molar-refractivity contribution in [1.29, 1.82) is 0 Å². The zero-order valence-electron chi connectivity index (χ0n) is 15.0. The van der Waals surface area contributed by atoms with Crippen LogP contribution in [0.15, 0.2) is 48.5 Å². The van der Waals surface area contributed by atoms with Gasteiger partial charge in [0.15, 0.2) is 0 Å². The molecule has 0 spiro atoms. The average Bonchev–Trinajstić information content (AvgIpc) is 2.46. The molecule has 1 N–H and O–H groups in total. The van der Waals surface area contributed by atoms with Gasteiger partial charge >= 0.3 is 0 Å². The summed E-state index contributed by atoms with van der Waals surface area (Å²) < 4.78 is 0. The van der Waals surface area contributed by atoms with Crippen molar-refractivity contribution in [2.24, 2.45) is 0 Å². The minimum atomic E-state index is -0.0727. The van der Waals surface area contributed by atoms with Crippen LogP contribution in [0, 0.1) is 0 Å². The number of hydrogen-bond donors (Lipinski definition) is 1. The first-order valence-electron chi connectivity index (χ1n) is 8.10. The fourth-order valence-corrected chi connectivity index (χ4v) is 2.36. The number of hydrogen-bond acceptors (Lipinski definition) is 1. The van der Waals surface area contributed by atoms with Gasteiger partial charge in [-0.1, -0.05) is 65.8 Å². The normalized spacial score (nSPS) is 12.1. The van der Waals surface area contributed by atoms with Gasteiger partial charge in [-0.05, 0) is 46.2 Å². The molecule has 0 aliphatic rings. The third kappa shape index (κ3) is 4.44. The standard InChI is InChI=1S/C21H27NO/c1-20(2,3)16-12-17(21(4,5)6)14-18(13-16)22-19(23)15-10-8-7-9-11-15/h7-14H,1-6H3,(H,22,23). The molecule has 23 heavy (non-hydrogen) atoms. The minimum Gasteiger partial charge on any atom is -0.322 e. The molecule has 2 aromatic carbocycles. The van der Waals surface area contributed by atoms with E-state index in [1.165, 1.54) is 11.1 Å². The lowest BCUT2D eigenvalue weighted by Crippen LogP contribution is -2.18. The van der Waals surface area contributed by atoms with E-state index in [1.54, 1.807) is 0 Å². The van der Waals surface area contributed by atoms with E-state index in [4.69, 9.17) is 0 Å². The van der Waals surface area contributed by atoms with E-state index in [9.17, 15) is 4.79 Å². The fourth-order valence-electron chi connectivity index (χ4n) is 2.36. The summed E-state index contributed by atoms with van der Waals surface area (Å²) in [6.45, 7) is 13.2. The molecule has 1 amide bonds. The Labute approximate surface area is 139 Å². The van der Waals surface area contributed by atoms with Crippen molar-refractivity contribution in [2.75, 3.05) is 5.32 Å². The summed E-state index contributed by atoms with van der Waals surface area (Å²) in [4.78, 5) is 12.4. The summed E-state index contributed by atoms with van der Waals surface area (Å²) in [6.07, 6.45) is 0. The van der Waals surface area contributed by atoms with Crippen LogP contribution in [0.2, 0.25) is 0 Å². The maximum Gasteiger partial charge on any atom is 0.255 e. The third-order valence-electron chi connectivity index (χ3n) is 3.96. The van der Waals surface area contributed by atoms with Gasteiger partial charge in [0.05, 0.1) is 0 Å². The van der Waals surface area contributed by atoms with Crippen LogP contribution in [0.4, 0.5) is 5.69 Å². The number of rotatable bonds is 2. The van der Waals surface area contributed by atoms with Gasteiger partial charge in [0.1, 0.15) is 0 Å². The van der Waals surface area contributed by atoms with Gasteiger partial charge < -0.3 is 5.32 Å². The quantitative estimate of drug-likeness (QED) is 0.776. The molecular formula is C21H27NO. The number of amides is 1. The lowest BCUT2D eigenvalue weighted by atomic mass is 9.80. The van der Waals surface area contributed by atoms with E-state index >= 15 is 0 Å². The molecule has 0 aliphatic carbocycles. The smallest absolute Gasteiger partial charge is 0.255 e. The highest BCUT2D eigenvalue weighted by atomic mass is 16.1. The number of anilines is 1. The molecule has 0 bridgehead atoms. The van der Waals surface area contributed by atoms with Crippen LogP contribution in [0.3, 0.4) is 0 Å². The van der Waals surface area contributed by atoms with Crippen LogP contribution in [-0.4, -0.2) is 5.91 Å². The van der Waals surface area contributed by atoms with E-state index in [0.717, 1.165) is 5.69 Å². The molecule has 122 valence electrons. The molecule has 0 aliphatic heterocycles. The molecule has 0 fully saturated rings. The summed E-state index contributed by atoms with van der Waals surface area (Å²) >= 11 is 0. The predicted octanol–water partition coefficient (Wildman–Crippen LogP) is 5.53. The summed E-state index contributed by atoms with van der Waals surface area (Å²) in [5.41, 5.74) is 4.06. The monoisotopic (exact) mass is 309 g/mol. The Morgan fingerprint density at radius 3 is 1.70 bits per heavy atom. The van der Waals surface area contributed by atoms with Crippen molar-refractivity contribution in [1.82, 2.24) is 0 Å². The summed E-state index contributed by atoms with van der Waals surface area (Å²) in [5.74, 6) is -0.0727. The predicted molar refractivity (Wildman–Crippen MR) is 98.2 cm³/mol. The second-order valence-electron chi connectivity index (χ2n) is 8.12. The molecule has 0 radical (unpaired) electrons. The van der Waals surface area contributed by atoms with Crippen LogP contribution in [0.5, 0.6) is 0 Å². The van der Waals surface area contributed by atoms with E-state index in [0.29, 0.717) is 5.56 Å². The number of benzene rings is 2. The van der Waals surface area contributed by atoms with Gasteiger partial charge in [0.25, 0.3) is 5.91 Å². The largest absolute Gasteiger partial charge is 0.322 e. The molecule has 2 nitrogen and oxygen atoms in total.